The van der Waals surface area contributed by atoms with Crippen LogP contribution in [0.4, 0.5) is 5.00 Å². The lowest BCUT2D eigenvalue weighted by atomic mass is 9.72. The van der Waals surface area contributed by atoms with Gasteiger partial charge in [-0.05, 0) is 61.3 Å². The average Bonchev–Trinajstić information content (AvgIpc) is 3.26. The zero-order valence-electron chi connectivity index (χ0n) is 16.8. The maximum Gasteiger partial charge on any atom is 0.341 e. The standard InChI is InChI=1S/C22H27NO4S/c1-5-26-21(25)19-16-10-8-14(22(2,3)4)13-17(16)28-20(19)23-18(24)11-9-15-7-6-12-27-15/h6-7,9,11-12,14H,5,8,10,13H2,1-4H3,(H,23,24)/b11-9+. The van der Waals surface area contributed by atoms with E-state index in [-0.39, 0.29) is 17.3 Å². The summed E-state index contributed by atoms with van der Waals surface area (Å²) in [5.74, 6) is 0.489. The van der Waals surface area contributed by atoms with Crippen LogP contribution in [0.15, 0.2) is 28.9 Å². The summed E-state index contributed by atoms with van der Waals surface area (Å²) in [6, 6.07) is 3.53. The van der Waals surface area contributed by atoms with Crippen molar-refractivity contribution in [3.8, 4) is 0 Å². The Hall–Kier alpha value is -2.34. The Labute approximate surface area is 169 Å². The molecule has 1 amide bonds. The van der Waals surface area contributed by atoms with Crippen molar-refractivity contribution in [3.63, 3.8) is 0 Å². The van der Waals surface area contributed by atoms with Crippen LogP contribution < -0.4 is 5.32 Å². The first-order chi connectivity index (χ1) is 13.3. The molecule has 0 spiro atoms. The van der Waals surface area contributed by atoms with E-state index in [4.69, 9.17) is 9.15 Å². The Bertz CT molecular complexity index is 871. The SMILES string of the molecule is CCOC(=O)c1c(NC(=O)/C=C/c2ccco2)sc2c1CCC(C(C)(C)C)C2. The molecule has 0 aromatic carbocycles. The quantitative estimate of drug-likeness (QED) is 0.544. The van der Waals surface area contributed by atoms with Gasteiger partial charge in [0.15, 0.2) is 0 Å². The minimum atomic E-state index is -0.362. The molecule has 2 aromatic heterocycles. The van der Waals surface area contributed by atoms with Crippen LogP contribution in [0.25, 0.3) is 6.08 Å². The smallest absolute Gasteiger partial charge is 0.341 e. The minimum absolute atomic E-state index is 0.209. The molecule has 0 aliphatic heterocycles. The van der Waals surface area contributed by atoms with Gasteiger partial charge in [0.2, 0.25) is 5.91 Å². The average molecular weight is 402 g/mol. The van der Waals surface area contributed by atoms with Crippen molar-refractivity contribution >= 4 is 34.3 Å². The number of anilines is 1. The first kappa shape index (κ1) is 20.4. The van der Waals surface area contributed by atoms with E-state index in [1.807, 2.05) is 0 Å². The van der Waals surface area contributed by atoms with Gasteiger partial charge in [-0.2, -0.15) is 0 Å². The molecule has 5 nitrogen and oxygen atoms in total. The minimum Gasteiger partial charge on any atom is -0.465 e. The molecule has 0 saturated carbocycles. The van der Waals surface area contributed by atoms with Gasteiger partial charge in [0.1, 0.15) is 10.8 Å². The molecule has 0 bridgehead atoms. The van der Waals surface area contributed by atoms with E-state index in [2.05, 4.69) is 26.1 Å². The van der Waals surface area contributed by atoms with Crippen molar-refractivity contribution in [1.82, 2.24) is 0 Å². The summed E-state index contributed by atoms with van der Waals surface area (Å²) >= 11 is 1.50. The van der Waals surface area contributed by atoms with Gasteiger partial charge in [-0.25, -0.2) is 4.79 Å². The molecule has 28 heavy (non-hydrogen) atoms. The topological polar surface area (TPSA) is 68.5 Å². The first-order valence-electron chi connectivity index (χ1n) is 9.63. The lowest BCUT2D eigenvalue weighted by Gasteiger charge is -2.33. The van der Waals surface area contributed by atoms with Gasteiger partial charge in [-0.1, -0.05) is 20.8 Å². The fourth-order valence-corrected chi connectivity index (χ4v) is 4.85. The molecule has 1 aliphatic rings. The Morgan fingerprint density at radius 1 is 1.39 bits per heavy atom. The second-order valence-electron chi connectivity index (χ2n) is 8.07. The summed E-state index contributed by atoms with van der Waals surface area (Å²) in [7, 11) is 0. The number of rotatable bonds is 5. The highest BCUT2D eigenvalue weighted by Gasteiger charge is 2.34. The Balaban J connectivity index is 1.86. The van der Waals surface area contributed by atoms with Gasteiger partial charge in [0.25, 0.3) is 0 Å². The second kappa shape index (κ2) is 8.35. The predicted molar refractivity (Wildman–Crippen MR) is 112 cm³/mol. The lowest BCUT2D eigenvalue weighted by molar-refractivity contribution is -0.111. The normalized spacial score (nSPS) is 16.8. The van der Waals surface area contributed by atoms with Gasteiger partial charge in [-0.15, -0.1) is 11.3 Å². The van der Waals surface area contributed by atoms with Gasteiger partial charge in [0, 0.05) is 11.0 Å². The van der Waals surface area contributed by atoms with Crippen LogP contribution in [0, 0.1) is 11.3 Å². The number of amides is 1. The molecule has 0 fully saturated rings. The van der Waals surface area contributed by atoms with Crippen molar-refractivity contribution in [2.24, 2.45) is 11.3 Å². The predicted octanol–water partition coefficient (Wildman–Crippen LogP) is 5.32. The summed E-state index contributed by atoms with van der Waals surface area (Å²) in [5, 5.41) is 3.45. The second-order valence-corrected chi connectivity index (χ2v) is 9.18. The van der Waals surface area contributed by atoms with Gasteiger partial charge in [-0.3, -0.25) is 4.79 Å². The van der Waals surface area contributed by atoms with Crippen LogP contribution in [0.5, 0.6) is 0 Å². The number of esters is 1. The largest absolute Gasteiger partial charge is 0.465 e. The Morgan fingerprint density at radius 2 is 2.18 bits per heavy atom. The van der Waals surface area contributed by atoms with Crippen molar-refractivity contribution in [1.29, 1.82) is 0 Å². The highest BCUT2D eigenvalue weighted by molar-refractivity contribution is 7.17. The molecule has 1 atom stereocenters. The highest BCUT2D eigenvalue weighted by atomic mass is 32.1. The number of hydrogen-bond donors (Lipinski definition) is 1. The molecule has 0 saturated heterocycles. The fourth-order valence-electron chi connectivity index (χ4n) is 3.53. The van der Waals surface area contributed by atoms with E-state index in [0.29, 0.717) is 28.8 Å². The third kappa shape index (κ3) is 4.55. The maximum atomic E-state index is 12.6. The van der Waals surface area contributed by atoms with Crippen LogP contribution >= 0.6 is 11.3 Å². The van der Waals surface area contributed by atoms with Gasteiger partial charge in [0.05, 0.1) is 18.4 Å². The molecule has 2 aromatic rings. The highest BCUT2D eigenvalue weighted by Crippen LogP contribution is 2.44. The summed E-state index contributed by atoms with van der Waals surface area (Å²) in [6.07, 6.45) is 7.35. The van der Waals surface area contributed by atoms with Crippen molar-refractivity contribution in [3.05, 3.63) is 46.2 Å². The van der Waals surface area contributed by atoms with Crippen molar-refractivity contribution in [2.75, 3.05) is 11.9 Å². The summed E-state index contributed by atoms with van der Waals surface area (Å²) < 4.78 is 10.5. The van der Waals surface area contributed by atoms with E-state index in [1.165, 1.54) is 22.3 Å². The van der Waals surface area contributed by atoms with E-state index in [1.54, 1.807) is 31.4 Å². The molecule has 1 aliphatic carbocycles. The van der Waals surface area contributed by atoms with Crippen molar-refractivity contribution in [2.45, 2.75) is 47.0 Å². The molecule has 3 rings (SSSR count). The summed E-state index contributed by atoms with van der Waals surface area (Å²) in [6.45, 7) is 8.86. The number of furan rings is 1. The molecule has 2 heterocycles. The van der Waals surface area contributed by atoms with Crippen molar-refractivity contribution < 1.29 is 18.7 Å². The molecular formula is C22H27NO4S. The maximum absolute atomic E-state index is 12.6. The van der Waals surface area contributed by atoms with E-state index in [9.17, 15) is 9.59 Å². The molecule has 150 valence electrons. The zero-order valence-corrected chi connectivity index (χ0v) is 17.7. The fraction of sp³-hybridized carbons (Fsp3) is 0.455. The third-order valence-electron chi connectivity index (χ3n) is 5.15. The number of nitrogens with one attached hydrogen (secondary N) is 1. The van der Waals surface area contributed by atoms with Crippen LogP contribution in [0.1, 0.15) is 60.7 Å². The first-order valence-corrected chi connectivity index (χ1v) is 10.5. The molecule has 1 unspecified atom stereocenters. The number of carbonyl (C=O) groups is 2. The van der Waals surface area contributed by atoms with E-state index < -0.39 is 0 Å². The van der Waals surface area contributed by atoms with Crippen LogP contribution in [-0.4, -0.2) is 18.5 Å². The van der Waals surface area contributed by atoms with Crippen LogP contribution in [-0.2, 0) is 22.4 Å². The molecule has 1 N–H and O–H groups in total. The number of fused-ring (bicyclic) bond motifs is 1. The number of thiophene rings is 1. The molecule has 0 radical (unpaired) electrons. The van der Waals surface area contributed by atoms with E-state index >= 15 is 0 Å². The molecule has 6 heteroatoms. The van der Waals surface area contributed by atoms with Gasteiger partial charge < -0.3 is 14.5 Å². The van der Waals surface area contributed by atoms with Crippen LogP contribution in [0.2, 0.25) is 0 Å². The van der Waals surface area contributed by atoms with Gasteiger partial charge >= 0.3 is 5.97 Å². The number of hydrogen-bond acceptors (Lipinski definition) is 5. The zero-order chi connectivity index (χ0) is 20.3. The summed E-state index contributed by atoms with van der Waals surface area (Å²) in [5.41, 5.74) is 1.77. The monoisotopic (exact) mass is 401 g/mol. The number of carbonyl (C=O) groups excluding carboxylic acids is 2. The summed E-state index contributed by atoms with van der Waals surface area (Å²) in [4.78, 5) is 26.2. The Morgan fingerprint density at radius 3 is 2.82 bits per heavy atom. The van der Waals surface area contributed by atoms with Crippen LogP contribution in [0.3, 0.4) is 0 Å². The Kier molecular flexibility index (Phi) is 6.08. The number of ether oxygens (including phenoxy) is 1. The third-order valence-corrected chi connectivity index (χ3v) is 6.32. The lowest BCUT2D eigenvalue weighted by Crippen LogP contribution is -2.26. The molecular weight excluding hydrogens is 374 g/mol. The van der Waals surface area contributed by atoms with E-state index in [0.717, 1.165) is 24.8 Å².